The van der Waals surface area contributed by atoms with Gasteiger partial charge in [-0.15, -0.1) is 0 Å². The lowest BCUT2D eigenvalue weighted by Gasteiger charge is -2.13. The molecular weight excluding hydrogens is 424 g/mol. The third-order valence-electron chi connectivity index (χ3n) is 5.91. The van der Waals surface area contributed by atoms with Crippen LogP contribution in [0.4, 0.5) is 0 Å². The lowest BCUT2D eigenvalue weighted by atomic mass is 10.0. The minimum absolute atomic E-state index is 0.135. The summed E-state index contributed by atoms with van der Waals surface area (Å²) in [5.74, 6) is 0.525. The van der Waals surface area contributed by atoms with Crippen LogP contribution in [-0.2, 0) is 0 Å². The van der Waals surface area contributed by atoms with Gasteiger partial charge in [0.25, 0.3) is 5.56 Å². The highest BCUT2D eigenvalue weighted by atomic mass is 16.5. The molecule has 0 N–H and O–H groups in total. The topological polar surface area (TPSA) is 69.9 Å². The van der Waals surface area contributed by atoms with Gasteiger partial charge >= 0.3 is 0 Å². The van der Waals surface area contributed by atoms with E-state index in [9.17, 15) is 4.79 Å². The number of nitrogens with zero attached hydrogens (tertiary/aromatic N) is 4. The fourth-order valence-electron chi connectivity index (χ4n) is 4.31. The Hall–Kier alpha value is -4.58. The summed E-state index contributed by atoms with van der Waals surface area (Å²) < 4.78 is 7.15. The van der Waals surface area contributed by atoms with Gasteiger partial charge in [-0.2, -0.15) is 0 Å². The van der Waals surface area contributed by atoms with Crippen molar-refractivity contribution >= 4 is 32.7 Å². The van der Waals surface area contributed by atoms with Gasteiger partial charge in [-0.3, -0.25) is 19.3 Å². The summed E-state index contributed by atoms with van der Waals surface area (Å²) in [7, 11) is 0. The lowest BCUT2D eigenvalue weighted by molar-refractivity contribution is 0.327. The lowest BCUT2D eigenvalue weighted by Crippen LogP contribution is -2.18. The second-order valence-electron chi connectivity index (χ2n) is 8.01. The minimum atomic E-state index is -0.135. The molecule has 6 aromatic rings. The van der Waals surface area contributed by atoms with Gasteiger partial charge in [0, 0.05) is 46.2 Å². The molecule has 0 saturated heterocycles. The van der Waals surface area contributed by atoms with E-state index in [0.717, 1.165) is 43.8 Å². The van der Waals surface area contributed by atoms with Crippen LogP contribution < -0.4 is 10.3 Å². The standard InChI is InChI=1S/C28H20N4O2/c1-2-34-26-11-9-22(17-31-26)32-27(33)12-8-20-15-30-25-10-7-18(14-23(25)28(20)32)21-13-19-5-3-4-6-24(19)29-16-21/h3-17H,2H2,1H3. The first-order chi connectivity index (χ1) is 16.7. The van der Waals surface area contributed by atoms with Gasteiger partial charge in [-0.1, -0.05) is 24.3 Å². The first kappa shape index (κ1) is 20.1. The molecule has 0 aliphatic rings. The molecular formula is C28H20N4O2. The zero-order chi connectivity index (χ0) is 23.1. The molecule has 0 aliphatic carbocycles. The van der Waals surface area contributed by atoms with E-state index in [1.807, 2.05) is 55.6 Å². The number of para-hydroxylation sites is 1. The molecule has 164 valence electrons. The number of rotatable bonds is 4. The molecule has 4 heterocycles. The van der Waals surface area contributed by atoms with Crippen LogP contribution in [-0.4, -0.2) is 26.1 Å². The molecule has 0 fully saturated rings. The Morgan fingerprint density at radius 3 is 2.50 bits per heavy atom. The number of hydrogen-bond acceptors (Lipinski definition) is 5. The van der Waals surface area contributed by atoms with E-state index >= 15 is 0 Å². The third kappa shape index (κ3) is 3.36. The van der Waals surface area contributed by atoms with E-state index in [4.69, 9.17) is 4.74 Å². The normalized spacial score (nSPS) is 11.3. The molecule has 0 bridgehead atoms. The molecule has 0 unspecified atom stereocenters. The molecule has 34 heavy (non-hydrogen) atoms. The van der Waals surface area contributed by atoms with Crippen molar-refractivity contribution in [3.8, 4) is 22.7 Å². The molecule has 0 amide bonds. The predicted octanol–water partition coefficient (Wildman–Crippen LogP) is 5.55. The van der Waals surface area contributed by atoms with Gasteiger partial charge < -0.3 is 4.74 Å². The summed E-state index contributed by atoms with van der Waals surface area (Å²) in [5.41, 5.74) is 5.10. The van der Waals surface area contributed by atoms with Crippen molar-refractivity contribution in [2.24, 2.45) is 0 Å². The number of aromatic nitrogens is 4. The van der Waals surface area contributed by atoms with E-state index in [2.05, 4.69) is 33.2 Å². The monoisotopic (exact) mass is 444 g/mol. The summed E-state index contributed by atoms with van der Waals surface area (Å²) in [5, 5.41) is 2.83. The number of fused-ring (bicyclic) bond motifs is 4. The zero-order valence-corrected chi connectivity index (χ0v) is 18.5. The Balaban J connectivity index is 1.60. The molecule has 0 saturated carbocycles. The fraction of sp³-hybridized carbons (Fsp3) is 0.0714. The van der Waals surface area contributed by atoms with Crippen molar-refractivity contribution in [1.29, 1.82) is 0 Å². The van der Waals surface area contributed by atoms with Gasteiger partial charge in [0.15, 0.2) is 0 Å². The Bertz CT molecular complexity index is 1740. The highest BCUT2D eigenvalue weighted by molar-refractivity contribution is 6.05. The highest BCUT2D eigenvalue weighted by Crippen LogP contribution is 2.30. The van der Waals surface area contributed by atoms with Gasteiger partial charge in [0.1, 0.15) is 0 Å². The Morgan fingerprint density at radius 1 is 0.765 bits per heavy atom. The van der Waals surface area contributed by atoms with Gasteiger partial charge in [0.2, 0.25) is 5.88 Å². The minimum Gasteiger partial charge on any atom is -0.478 e. The van der Waals surface area contributed by atoms with Gasteiger partial charge in [0.05, 0.1) is 35.0 Å². The molecule has 2 aromatic carbocycles. The van der Waals surface area contributed by atoms with Crippen molar-refractivity contribution in [1.82, 2.24) is 19.5 Å². The summed E-state index contributed by atoms with van der Waals surface area (Å²) in [6.07, 6.45) is 5.34. The van der Waals surface area contributed by atoms with Crippen LogP contribution in [0.15, 0.2) is 96.2 Å². The SMILES string of the molecule is CCOc1ccc(-n2c(=O)ccc3cnc4ccc(-c5cnc6ccccc6c5)cc4c32)cn1. The highest BCUT2D eigenvalue weighted by Gasteiger charge is 2.12. The smallest absolute Gasteiger partial charge is 0.255 e. The molecule has 0 radical (unpaired) electrons. The Kier molecular flexibility index (Phi) is 4.77. The van der Waals surface area contributed by atoms with Crippen LogP contribution in [0.25, 0.3) is 49.5 Å². The molecule has 0 atom stereocenters. The third-order valence-corrected chi connectivity index (χ3v) is 5.91. The molecule has 6 rings (SSSR count). The van der Waals surface area contributed by atoms with E-state index in [1.54, 1.807) is 29.1 Å². The van der Waals surface area contributed by atoms with E-state index in [1.165, 1.54) is 0 Å². The van der Waals surface area contributed by atoms with E-state index in [0.29, 0.717) is 18.2 Å². The quantitative estimate of drug-likeness (QED) is 0.334. The Morgan fingerprint density at radius 2 is 1.65 bits per heavy atom. The molecule has 0 spiro atoms. The number of benzene rings is 2. The summed E-state index contributed by atoms with van der Waals surface area (Å²) in [6.45, 7) is 2.44. The molecule has 6 nitrogen and oxygen atoms in total. The second kappa shape index (κ2) is 8.08. The summed E-state index contributed by atoms with van der Waals surface area (Å²) >= 11 is 0. The molecule has 6 heteroatoms. The van der Waals surface area contributed by atoms with Crippen LogP contribution in [0.1, 0.15) is 6.92 Å². The molecule has 4 aromatic heterocycles. The predicted molar refractivity (Wildman–Crippen MR) is 135 cm³/mol. The second-order valence-corrected chi connectivity index (χ2v) is 8.01. The van der Waals surface area contributed by atoms with Gasteiger partial charge in [-0.25, -0.2) is 4.98 Å². The Labute approximate surface area is 195 Å². The first-order valence-corrected chi connectivity index (χ1v) is 11.1. The number of hydrogen-bond donors (Lipinski definition) is 0. The maximum absolute atomic E-state index is 13.1. The van der Waals surface area contributed by atoms with Crippen molar-refractivity contribution in [3.05, 3.63) is 102 Å². The average molecular weight is 444 g/mol. The van der Waals surface area contributed by atoms with Crippen LogP contribution in [0.5, 0.6) is 5.88 Å². The van der Waals surface area contributed by atoms with Crippen molar-refractivity contribution in [2.75, 3.05) is 6.61 Å². The number of ether oxygens (including phenoxy) is 1. The van der Waals surface area contributed by atoms with E-state index in [-0.39, 0.29) is 5.56 Å². The summed E-state index contributed by atoms with van der Waals surface area (Å²) in [6, 6.07) is 23.3. The van der Waals surface area contributed by atoms with Crippen LogP contribution in [0, 0.1) is 0 Å². The van der Waals surface area contributed by atoms with Crippen LogP contribution >= 0.6 is 0 Å². The summed E-state index contributed by atoms with van der Waals surface area (Å²) in [4.78, 5) is 26.7. The largest absolute Gasteiger partial charge is 0.478 e. The maximum Gasteiger partial charge on any atom is 0.255 e. The average Bonchev–Trinajstić information content (AvgIpc) is 2.89. The van der Waals surface area contributed by atoms with E-state index < -0.39 is 0 Å². The number of pyridine rings is 4. The zero-order valence-electron chi connectivity index (χ0n) is 18.5. The molecule has 0 aliphatic heterocycles. The van der Waals surface area contributed by atoms with Crippen LogP contribution in [0.3, 0.4) is 0 Å². The van der Waals surface area contributed by atoms with Gasteiger partial charge in [-0.05, 0) is 48.9 Å². The van der Waals surface area contributed by atoms with Crippen molar-refractivity contribution < 1.29 is 4.74 Å². The maximum atomic E-state index is 13.1. The fourth-order valence-corrected chi connectivity index (χ4v) is 4.31. The van der Waals surface area contributed by atoms with Crippen LogP contribution in [0.2, 0.25) is 0 Å². The van der Waals surface area contributed by atoms with Crippen molar-refractivity contribution in [3.63, 3.8) is 0 Å². The van der Waals surface area contributed by atoms with Crippen molar-refractivity contribution in [2.45, 2.75) is 6.92 Å². The first-order valence-electron chi connectivity index (χ1n) is 11.1.